The molecule has 1 aliphatic heterocycles. The van der Waals surface area contributed by atoms with Crippen molar-refractivity contribution in [1.29, 1.82) is 0 Å². The van der Waals surface area contributed by atoms with E-state index in [0.29, 0.717) is 18.2 Å². The van der Waals surface area contributed by atoms with Crippen LogP contribution in [-0.2, 0) is 4.74 Å². The summed E-state index contributed by atoms with van der Waals surface area (Å²) in [6.45, 7) is 10.3. The van der Waals surface area contributed by atoms with E-state index in [1.165, 1.54) is 44.3 Å². The molecule has 0 aromatic carbocycles. The molecule has 23 heavy (non-hydrogen) atoms. The van der Waals surface area contributed by atoms with Crippen LogP contribution in [0.25, 0.3) is 0 Å². The number of aryl methyl sites for hydroxylation is 1. The first-order chi connectivity index (χ1) is 11.1. The van der Waals surface area contributed by atoms with E-state index in [1.54, 1.807) is 0 Å². The minimum Gasteiger partial charge on any atom is -0.376 e. The Balaban J connectivity index is 1.49. The highest BCUT2D eigenvalue weighted by atomic mass is 16.5. The number of aromatic nitrogens is 2. The summed E-state index contributed by atoms with van der Waals surface area (Å²) in [5, 5.41) is 4.62. The predicted molar refractivity (Wildman–Crippen MR) is 91.4 cm³/mol. The average Bonchev–Trinajstić information content (AvgIpc) is 3.09. The maximum atomic E-state index is 6.41. The van der Waals surface area contributed by atoms with E-state index in [4.69, 9.17) is 4.74 Å². The highest BCUT2D eigenvalue weighted by Gasteiger charge is 2.44. The quantitative estimate of drug-likeness (QED) is 0.835. The summed E-state index contributed by atoms with van der Waals surface area (Å²) in [5.74, 6) is 2.46. The molecule has 4 heteroatoms. The van der Waals surface area contributed by atoms with E-state index >= 15 is 0 Å². The Bertz CT molecular complexity index is 536. The topological polar surface area (TPSA) is 30.3 Å². The second-order valence-electron chi connectivity index (χ2n) is 8.42. The molecule has 3 aliphatic rings. The summed E-state index contributed by atoms with van der Waals surface area (Å²) in [7, 11) is 0. The molecule has 1 saturated heterocycles. The molecule has 0 N–H and O–H groups in total. The number of nitrogens with zero attached hydrogens (tertiary/aromatic N) is 3. The third-order valence-corrected chi connectivity index (χ3v) is 6.16. The third kappa shape index (κ3) is 3.34. The molecule has 0 bridgehead atoms. The van der Waals surface area contributed by atoms with E-state index in [-0.39, 0.29) is 0 Å². The molecule has 1 aromatic rings. The monoisotopic (exact) mass is 317 g/mol. The molecule has 128 valence electrons. The molecule has 0 spiro atoms. The summed E-state index contributed by atoms with van der Waals surface area (Å²) in [6, 6.07) is 1.09. The van der Waals surface area contributed by atoms with Crippen molar-refractivity contribution < 1.29 is 4.74 Å². The summed E-state index contributed by atoms with van der Waals surface area (Å²) in [6.07, 6.45) is 9.71. The van der Waals surface area contributed by atoms with Gasteiger partial charge in [-0.15, -0.1) is 0 Å². The van der Waals surface area contributed by atoms with Gasteiger partial charge in [-0.25, -0.2) is 0 Å². The zero-order valence-electron chi connectivity index (χ0n) is 14.8. The third-order valence-electron chi connectivity index (χ3n) is 6.16. The fourth-order valence-electron chi connectivity index (χ4n) is 4.46. The van der Waals surface area contributed by atoms with Crippen LogP contribution in [0.4, 0.5) is 0 Å². The molecule has 0 unspecified atom stereocenters. The number of fused-ring (bicyclic) bond motifs is 1. The van der Waals surface area contributed by atoms with Crippen molar-refractivity contribution >= 4 is 0 Å². The lowest BCUT2D eigenvalue weighted by atomic mass is 9.77. The van der Waals surface area contributed by atoms with Gasteiger partial charge in [-0.2, -0.15) is 5.10 Å². The zero-order chi connectivity index (χ0) is 16.0. The van der Waals surface area contributed by atoms with Crippen LogP contribution in [-0.4, -0.2) is 46.5 Å². The van der Waals surface area contributed by atoms with Crippen LogP contribution in [0, 0.1) is 24.7 Å². The van der Waals surface area contributed by atoms with E-state index in [0.717, 1.165) is 24.4 Å². The van der Waals surface area contributed by atoms with Crippen LogP contribution in [0.15, 0.2) is 12.4 Å². The molecule has 4 nitrogen and oxygen atoms in total. The summed E-state index contributed by atoms with van der Waals surface area (Å²) in [5.41, 5.74) is 1.25. The molecule has 4 rings (SSSR count). The molecule has 2 aliphatic carbocycles. The Morgan fingerprint density at radius 2 is 1.96 bits per heavy atom. The maximum Gasteiger partial charge on any atom is 0.0802 e. The van der Waals surface area contributed by atoms with Gasteiger partial charge in [0.1, 0.15) is 0 Å². The van der Waals surface area contributed by atoms with Gasteiger partial charge in [0.15, 0.2) is 0 Å². The SMILES string of the molecule is Cc1cnn([C@H]2C[C@H]3CN(C(C)C)C[C@H]3C[C@@H]2OCC2CC2)c1. The molecule has 2 heterocycles. The van der Waals surface area contributed by atoms with E-state index in [1.807, 2.05) is 6.20 Å². The van der Waals surface area contributed by atoms with Crippen LogP contribution in [0.5, 0.6) is 0 Å². The lowest BCUT2D eigenvalue weighted by molar-refractivity contribution is -0.0371. The lowest BCUT2D eigenvalue weighted by Crippen LogP contribution is -2.38. The van der Waals surface area contributed by atoms with Crippen LogP contribution < -0.4 is 0 Å². The van der Waals surface area contributed by atoms with Crippen molar-refractivity contribution in [2.75, 3.05) is 19.7 Å². The molecular weight excluding hydrogens is 286 g/mol. The van der Waals surface area contributed by atoms with Gasteiger partial charge >= 0.3 is 0 Å². The Kier molecular flexibility index (Phi) is 4.22. The van der Waals surface area contributed by atoms with Crippen LogP contribution >= 0.6 is 0 Å². The largest absolute Gasteiger partial charge is 0.376 e. The summed E-state index contributed by atoms with van der Waals surface area (Å²) < 4.78 is 8.60. The van der Waals surface area contributed by atoms with Gasteiger partial charge in [-0.3, -0.25) is 4.68 Å². The normalized spacial score (nSPS) is 35.0. The fraction of sp³-hybridized carbons (Fsp3) is 0.842. The van der Waals surface area contributed by atoms with Crippen LogP contribution in [0.1, 0.15) is 51.1 Å². The number of hydrogen-bond donors (Lipinski definition) is 0. The van der Waals surface area contributed by atoms with Crippen LogP contribution in [0.3, 0.4) is 0 Å². The number of rotatable bonds is 5. The minimum absolute atomic E-state index is 0.350. The lowest BCUT2D eigenvalue weighted by Gasteiger charge is -2.38. The smallest absolute Gasteiger partial charge is 0.0802 e. The first-order valence-electron chi connectivity index (χ1n) is 9.46. The zero-order valence-corrected chi connectivity index (χ0v) is 14.8. The fourth-order valence-corrected chi connectivity index (χ4v) is 4.46. The Morgan fingerprint density at radius 3 is 2.57 bits per heavy atom. The highest BCUT2D eigenvalue weighted by Crippen LogP contribution is 2.43. The Hall–Kier alpha value is -0.870. The maximum absolute atomic E-state index is 6.41. The van der Waals surface area contributed by atoms with Crippen molar-refractivity contribution in [2.24, 2.45) is 17.8 Å². The first kappa shape index (κ1) is 15.6. The number of ether oxygens (including phenoxy) is 1. The van der Waals surface area contributed by atoms with Crippen molar-refractivity contribution in [3.63, 3.8) is 0 Å². The van der Waals surface area contributed by atoms with Crippen molar-refractivity contribution in [3.05, 3.63) is 18.0 Å². The standard InChI is InChI=1S/C19H31N3O/c1-13(2)21-10-16-6-18(22-9-14(3)8-20-22)19(7-17(16)11-21)23-12-15-4-5-15/h8-9,13,15-19H,4-7,10-12H2,1-3H3/t16-,17+,18-,19-/m0/s1. The summed E-state index contributed by atoms with van der Waals surface area (Å²) >= 11 is 0. The van der Waals surface area contributed by atoms with E-state index < -0.39 is 0 Å². The van der Waals surface area contributed by atoms with E-state index in [9.17, 15) is 0 Å². The van der Waals surface area contributed by atoms with E-state index in [2.05, 4.69) is 41.6 Å². The van der Waals surface area contributed by atoms with Crippen LogP contribution in [0.2, 0.25) is 0 Å². The van der Waals surface area contributed by atoms with Gasteiger partial charge in [-0.1, -0.05) is 0 Å². The average molecular weight is 317 g/mol. The van der Waals surface area contributed by atoms with Gasteiger partial charge in [0.05, 0.1) is 18.3 Å². The molecule has 4 atom stereocenters. The molecule has 1 aromatic heterocycles. The van der Waals surface area contributed by atoms with Gasteiger partial charge < -0.3 is 9.64 Å². The molecular formula is C19H31N3O. The van der Waals surface area contributed by atoms with Gasteiger partial charge in [0.25, 0.3) is 0 Å². The second-order valence-corrected chi connectivity index (χ2v) is 8.42. The number of hydrogen-bond acceptors (Lipinski definition) is 3. The summed E-state index contributed by atoms with van der Waals surface area (Å²) in [4.78, 5) is 2.66. The molecule has 0 amide bonds. The Labute approximate surface area is 140 Å². The number of likely N-dealkylation sites (tertiary alicyclic amines) is 1. The molecule has 3 fully saturated rings. The van der Waals surface area contributed by atoms with Gasteiger partial charge in [-0.05, 0) is 69.8 Å². The van der Waals surface area contributed by atoms with Crippen molar-refractivity contribution in [3.8, 4) is 0 Å². The van der Waals surface area contributed by atoms with Crippen molar-refractivity contribution in [1.82, 2.24) is 14.7 Å². The second kappa shape index (κ2) is 6.21. The van der Waals surface area contributed by atoms with Gasteiger partial charge in [0, 0.05) is 31.9 Å². The molecule has 0 radical (unpaired) electrons. The molecule has 2 saturated carbocycles. The van der Waals surface area contributed by atoms with Crippen molar-refractivity contribution in [2.45, 2.75) is 64.6 Å². The Morgan fingerprint density at radius 1 is 1.22 bits per heavy atom. The predicted octanol–water partition coefficient (Wildman–Crippen LogP) is 3.28. The highest BCUT2D eigenvalue weighted by molar-refractivity contribution is 5.03. The minimum atomic E-state index is 0.350. The van der Waals surface area contributed by atoms with Gasteiger partial charge in [0.2, 0.25) is 0 Å². The first-order valence-corrected chi connectivity index (χ1v) is 9.46.